The minimum Gasteiger partial charge on any atom is -0.321 e. The fourth-order valence-electron chi connectivity index (χ4n) is 2.49. The highest BCUT2D eigenvalue weighted by Gasteiger charge is 2.12. The maximum Gasteiger partial charge on any atom is 0.275 e. The molecule has 0 saturated heterocycles. The van der Waals surface area contributed by atoms with Crippen LogP contribution in [-0.4, -0.2) is 25.7 Å². The number of carbonyl (C=O) groups is 1. The van der Waals surface area contributed by atoms with Gasteiger partial charge >= 0.3 is 0 Å². The van der Waals surface area contributed by atoms with Crippen LogP contribution in [0.4, 0.5) is 10.1 Å². The molecule has 0 radical (unpaired) electrons. The molecule has 1 N–H and O–H groups in total. The van der Waals surface area contributed by atoms with E-state index in [4.69, 9.17) is 0 Å². The Hall–Kier alpha value is -3.39. The SMILES string of the molecule is O=C(Nc1ccc(Cn2cncn2)cc1)c1csc(-c2ccc(F)cc2)n1. The summed E-state index contributed by atoms with van der Waals surface area (Å²) in [6.45, 7) is 0.612. The van der Waals surface area contributed by atoms with E-state index < -0.39 is 0 Å². The molecule has 0 atom stereocenters. The van der Waals surface area contributed by atoms with Gasteiger partial charge in [0.25, 0.3) is 5.91 Å². The number of halogens is 1. The molecular weight excluding hydrogens is 365 g/mol. The highest BCUT2D eigenvalue weighted by atomic mass is 32.1. The minimum atomic E-state index is -0.305. The Morgan fingerprint density at radius 2 is 1.89 bits per heavy atom. The van der Waals surface area contributed by atoms with Crippen LogP contribution in [0, 0.1) is 5.82 Å². The van der Waals surface area contributed by atoms with Gasteiger partial charge in [0.05, 0.1) is 6.54 Å². The number of amides is 1. The number of anilines is 1. The molecule has 1 amide bonds. The van der Waals surface area contributed by atoms with E-state index in [1.807, 2.05) is 24.3 Å². The Morgan fingerprint density at radius 3 is 2.59 bits per heavy atom. The Labute approximate surface area is 158 Å². The average molecular weight is 379 g/mol. The lowest BCUT2D eigenvalue weighted by Crippen LogP contribution is -2.12. The lowest BCUT2D eigenvalue weighted by Gasteiger charge is -2.05. The van der Waals surface area contributed by atoms with Crippen molar-refractivity contribution in [3.63, 3.8) is 0 Å². The van der Waals surface area contributed by atoms with Gasteiger partial charge in [0, 0.05) is 16.6 Å². The standard InChI is InChI=1S/C19H14FN5OS/c20-15-5-3-14(4-6-15)19-24-17(10-27-19)18(26)23-16-7-1-13(2-8-16)9-25-12-21-11-22-25/h1-8,10-12H,9H2,(H,23,26). The second kappa shape index (κ2) is 7.46. The number of hydrogen-bond acceptors (Lipinski definition) is 5. The average Bonchev–Trinajstić information content (AvgIpc) is 3.36. The predicted molar refractivity (Wildman–Crippen MR) is 101 cm³/mol. The summed E-state index contributed by atoms with van der Waals surface area (Å²) in [6.07, 6.45) is 3.14. The van der Waals surface area contributed by atoms with E-state index in [2.05, 4.69) is 20.4 Å². The van der Waals surface area contributed by atoms with Gasteiger partial charge in [-0.25, -0.2) is 19.0 Å². The first-order chi connectivity index (χ1) is 13.2. The molecular formula is C19H14FN5OS. The maximum atomic E-state index is 13.0. The minimum absolute atomic E-state index is 0.288. The Balaban J connectivity index is 1.42. The molecule has 0 aliphatic carbocycles. The van der Waals surface area contributed by atoms with E-state index >= 15 is 0 Å². The monoisotopic (exact) mass is 379 g/mol. The quantitative estimate of drug-likeness (QED) is 0.572. The Bertz CT molecular complexity index is 1040. The lowest BCUT2D eigenvalue weighted by molar-refractivity contribution is 0.102. The molecule has 8 heteroatoms. The summed E-state index contributed by atoms with van der Waals surface area (Å²) in [5.41, 5.74) is 2.83. The fourth-order valence-corrected chi connectivity index (χ4v) is 3.30. The number of nitrogens with zero attached hydrogens (tertiary/aromatic N) is 4. The van der Waals surface area contributed by atoms with Gasteiger partial charge in [-0.2, -0.15) is 5.10 Å². The zero-order chi connectivity index (χ0) is 18.6. The van der Waals surface area contributed by atoms with Crippen molar-refractivity contribution in [2.45, 2.75) is 6.54 Å². The van der Waals surface area contributed by atoms with Gasteiger partial charge in [-0.3, -0.25) is 4.79 Å². The van der Waals surface area contributed by atoms with Crippen molar-refractivity contribution >= 4 is 22.9 Å². The van der Waals surface area contributed by atoms with Gasteiger partial charge in [-0.15, -0.1) is 11.3 Å². The van der Waals surface area contributed by atoms with E-state index in [9.17, 15) is 9.18 Å². The van der Waals surface area contributed by atoms with E-state index in [0.29, 0.717) is 22.9 Å². The summed E-state index contributed by atoms with van der Waals surface area (Å²) in [5.74, 6) is -0.593. The molecule has 0 saturated carbocycles. The molecule has 0 spiro atoms. The van der Waals surface area contributed by atoms with Crippen LogP contribution in [0.1, 0.15) is 16.1 Å². The predicted octanol–water partition coefficient (Wildman–Crippen LogP) is 3.84. The number of aromatic nitrogens is 4. The molecule has 6 nitrogen and oxygen atoms in total. The van der Waals surface area contributed by atoms with Gasteiger partial charge in [-0.1, -0.05) is 12.1 Å². The second-order valence-electron chi connectivity index (χ2n) is 5.79. The molecule has 0 bridgehead atoms. The van der Waals surface area contributed by atoms with Crippen LogP contribution in [0.5, 0.6) is 0 Å². The molecule has 2 heterocycles. The third-order valence-electron chi connectivity index (χ3n) is 3.85. The van der Waals surface area contributed by atoms with E-state index in [-0.39, 0.29) is 11.7 Å². The summed E-state index contributed by atoms with van der Waals surface area (Å²) in [4.78, 5) is 20.7. The van der Waals surface area contributed by atoms with Crippen LogP contribution in [0.15, 0.2) is 66.6 Å². The molecule has 0 aliphatic rings. The van der Waals surface area contributed by atoms with Gasteiger partial charge < -0.3 is 5.32 Å². The smallest absolute Gasteiger partial charge is 0.275 e. The zero-order valence-electron chi connectivity index (χ0n) is 14.0. The zero-order valence-corrected chi connectivity index (χ0v) is 14.9. The largest absolute Gasteiger partial charge is 0.321 e. The second-order valence-corrected chi connectivity index (χ2v) is 6.65. The van der Waals surface area contributed by atoms with Gasteiger partial charge in [0.1, 0.15) is 29.2 Å². The Morgan fingerprint density at radius 1 is 1.11 bits per heavy atom. The van der Waals surface area contributed by atoms with E-state index in [1.165, 1.54) is 29.8 Å². The topological polar surface area (TPSA) is 72.7 Å². The highest BCUT2D eigenvalue weighted by Crippen LogP contribution is 2.24. The van der Waals surface area contributed by atoms with Crippen molar-refractivity contribution in [3.8, 4) is 10.6 Å². The number of benzene rings is 2. The van der Waals surface area contributed by atoms with Crippen LogP contribution in [0.2, 0.25) is 0 Å². The first kappa shape index (κ1) is 17.0. The molecule has 27 heavy (non-hydrogen) atoms. The van der Waals surface area contributed by atoms with Crippen molar-refractivity contribution in [1.82, 2.24) is 19.7 Å². The number of hydrogen-bond donors (Lipinski definition) is 1. The van der Waals surface area contributed by atoms with Gasteiger partial charge in [0.2, 0.25) is 0 Å². The Kier molecular flexibility index (Phi) is 4.71. The van der Waals surface area contributed by atoms with Crippen LogP contribution in [-0.2, 0) is 6.54 Å². The molecule has 0 aliphatic heterocycles. The van der Waals surface area contributed by atoms with Crippen LogP contribution in [0.3, 0.4) is 0 Å². The molecule has 134 valence electrons. The summed E-state index contributed by atoms with van der Waals surface area (Å²) in [7, 11) is 0. The fraction of sp³-hybridized carbons (Fsp3) is 0.0526. The molecule has 0 unspecified atom stereocenters. The van der Waals surface area contributed by atoms with Gasteiger partial charge in [-0.05, 0) is 42.0 Å². The van der Waals surface area contributed by atoms with Crippen molar-refractivity contribution in [1.29, 1.82) is 0 Å². The summed E-state index contributed by atoms with van der Waals surface area (Å²) >= 11 is 1.34. The normalized spacial score (nSPS) is 10.7. The maximum absolute atomic E-state index is 13.0. The number of carbonyl (C=O) groups excluding carboxylic acids is 1. The van der Waals surface area contributed by atoms with Crippen molar-refractivity contribution < 1.29 is 9.18 Å². The van der Waals surface area contributed by atoms with Crippen molar-refractivity contribution in [2.24, 2.45) is 0 Å². The third kappa shape index (κ3) is 4.06. The first-order valence-electron chi connectivity index (χ1n) is 8.11. The van der Waals surface area contributed by atoms with Crippen molar-refractivity contribution in [3.05, 3.63) is 83.6 Å². The molecule has 4 rings (SSSR count). The molecule has 0 fully saturated rings. The first-order valence-corrected chi connectivity index (χ1v) is 8.99. The van der Waals surface area contributed by atoms with Gasteiger partial charge in [0.15, 0.2) is 0 Å². The van der Waals surface area contributed by atoms with Crippen molar-refractivity contribution in [2.75, 3.05) is 5.32 Å². The molecule has 2 aromatic heterocycles. The third-order valence-corrected chi connectivity index (χ3v) is 4.74. The van der Waals surface area contributed by atoms with Crippen LogP contribution in [0.25, 0.3) is 10.6 Å². The highest BCUT2D eigenvalue weighted by molar-refractivity contribution is 7.13. The summed E-state index contributed by atoms with van der Waals surface area (Å²) in [6, 6.07) is 13.5. The number of nitrogens with one attached hydrogen (secondary N) is 1. The summed E-state index contributed by atoms with van der Waals surface area (Å²) in [5, 5.41) is 9.25. The van der Waals surface area contributed by atoms with E-state index in [1.54, 1.807) is 28.5 Å². The lowest BCUT2D eigenvalue weighted by atomic mass is 10.2. The summed E-state index contributed by atoms with van der Waals surface area (Å²) < 4.78 is 14.7. The van der Waals surface area contributed by atoms with Crippen LogP contribution < -0.4 is 5.32 Å². The number of rotatable bonds is 5. The van der Waals surface area contributed by atoms with E-state index in [0.717, 1.165) is 11.1 Å². The molecule has 4 aromatic rings. The molecule has 2 aromatic carbocycles. The number of thiazole rings is 1. The van der Waals surface area contributed by atoms with Crippen LogP contribution >= 0.6 is 11.3 Å².